The second-order valence-corrected chi connectivity index (χ2v) is 7.29. The van der Waals surface area contributed by atoms with Crippen LogP contribution in [0.1, 0.15) is 35.7 Å². The molecule has 2 N–H and O–H groups in total. The fourth-order valence-corrected chi connectivity index (χ4v) is 3.65. The molecule has 0 aliphatic carbocycles. The van der Waals surface area contributed by atoms with Gasteiger partial charge in [0.2, 0.25) is 0 Å². The van der Waals surface area contributed by atoms with Crippen LogP contribution in [0.15, 0.2) is 60.7 Å². The van der Waals surface area contributed by atoms with Crippen molar-refractivity contribution in [1.82, 2.24) is 15.5 Å². The fraction of sp³-hybridized carbons (Fsp3) is 0.304. The molecule has 1 aliphatic rings. The Morgan fingerprint density at radius 3 is 2.50 bits per heavy atom. The predicted octanol–water partition coefficient (Wildman–Crippen LogP) is 4.04. The number of H-pyrrole nitrogens is 1. The lowest BCUT2D eigenvalue weighted by molar-refractivity contribution is 0.0931. The third-order valence-electron chi connectivity index (χ3n) is 5.43. The summed E-state index contributed by atoms with van der Waals surface area (Å²) in [6.07, 6.45) is 2.83. The second-order valence-electron chi connectivity index (χ2n) is 7.29. The molecule has 1 fully saturated rings. The molecule has 0 radical (unpaired) electrons. The van der Waals surface area contributed by atoms with Gasteiger partial charge in [-0.25, -0.2) is 0 Å². The van der Waals surface area contributed by atoms with Crippen LogP contribution >= 0.6 is 0 Å². The van der Waals surface area contributed by atoms with Gasteiger partial charge in [-0.3, -0.25) is 9.89 Å². The minimum Gasteiger partial charge on any atom is -0.355 e. The van der Waals surface area contributed by atoms with Crippen molar-refractivity contribution in [3.63, 3.8) is 0 Å². The smallest absolute Gasteiger partial charge is 0.251 e. The fourth-order valence-electron chi connectivity index (χ4n) is 3.65. The summed E-state index contributed by atoms with van der Waals surface area (Å²) in [7, 11) is 0. The van der Waals surface area contributed by atoms with Crippen molar-refractivity contribution in [2.45, 2.75) is 32.2 Å². The number of anilines is 1. The maximum atomic E-state index is 12.5. The number of carbonyl (C=O) groups is 1. The average molecular weight is 374 g/mol. The first kappa shape index (κ1) is 18.3. The highest BCUT2D eigenvalue weighted by molar-refractivity contribution is 5.94. The van der Waals surface area contributed by atoms with E-state index >= 15 is 0 Å². The van der Waals surface area contributed by atoms with E-state index in [2.05, 4.69) is 45.5 Å². The minimum absolute atomic E-state index is 0.0206. The summed E-state index contributed by atoms with van der Waals surface area (Å²) in [5, 5.41) is 10.8. The van der Waals surface area contributed by atoms with Gasteiger partial charge in [-0.2, -0.15) is 5.10 Å². The number of rotatable bonds is 5. The number of hydrogen-bond donors (Lipinski definition) is 2. The quantitative estimate of drug-likeness (QED) is 0.709. The van der Waals surface area contributed by atoms with Gasteiger partial charge >= 0.3 is 0 Å². The van der Waals surface area contributed by atoms with Gasteiger partial charge in [0.15, 0.2) is 5.82 Å². The van der Waals surface area contributed by atoms with Crippen LogP contribution in [0.2, 0.25) is 0 Å². The largest absolute Gasteiger partial charge is 0.355 e. The van der Waals surface area contributed by atoms with Gasteiger partial charge in [-0.1, -0.05) is 49.4 Å². The zero-order valence-electron chi connectivity index (χ0n) is 16.2. The zero-order chi connectivity index (χ0) is 19.3. The van der Waals surface area contributed by atoms with E-state index in [9.17, 15) is 4.79 Å². The van der Waals surface area contributed by atoms with Crippen molar-refractivity contribution >= 4 is 11.7 Å². The Labute approximate surface area is 165 Å². The van der Waals surface area contributed by atoms with Crippen LogP contribution < -0.4 is 10.2 Å². The number of aromatic amines is 1. The first-order valence-corrected chi connectivity index (χ1v) is 9.98. The molecule has 1 saturated heterocycles. The average Bonchev–Trinajstić information content (AvgIpc) is 3.25. The molecular weight excluding hydrogens is 348 g/mol. The number of hydrogen-bond acceptors (Lipinski definition) is 3. The minimum atomic E-state index is 0.0206. The molecule has 0 unspecified atom stereocenters. The van der Waals surface area contributed by atoms with Gasteiger partial charge in [-0.05, 0) is 42.5 Å². The second kappa shape index (κ2) is 8.30. The van der Waals surface area contributed by atoms with E-state index in [0.717, 1.165) is 55.0 Å². The van der Waals surface area contributed by atoms with Gasteiger partial charge in [0, 0.05) is 30.8 Å². The van der Waals surface area contributed by atoms with Gasteiger partial charge in [-0.15, -0.1) is 0 Å². The highest BCUT2D eigenvalue weighted by Gasteiger charge is 2.22. The number of carbonyl (C=O) groups excluding carboxylic acids is 1. The first-order valence-electron chi connectivity index (χ1n) is 9.98. The molecule has 0 spiro atoms. The molecule has 28 heavy (non-hydrogen) atoms. The lowest BCUT2D eigenvalue weighted by Crippen LogP contribution is -2.44. The van der Waals surface area contributed by atoms with Crippen LogP contribution in [0.25, 0.3) is 11.3 Å². The van der Waals surface area contributed by atoms with Crippen molar-refractivity contribution in [2.75, 3.05) is 18.0 Å². The Kier molecular flexibility index (Phi) is 5.42. The normalized spacial score (nSPS) is 14.8. The summed E-state index contributed by atoms with van der Waals surface area (Å²) in [5.74, 6) is 0.992. The van der Waals surface area contributed by atoms with E-state index in [1.807, 2.05) is 42.5 Å². The Morgan fingerprint density at radius 2 is 1.82 bits per heavy atom. The predicted molar refractivity (Wildman–Crippen MR) is 113 cm³/mol. The van der Waals surface area contributed by atoms with E-state index in [0.29, 0.717) is 0 Å². The monoisotopic (exact) mass is 374 g/mol. The Balaban J connectivity index is 1.32. The third kappa shape index (κ3) is 4.09. The molecule has 0 bridgehead atoms. The summed E-state index contributed by atoms with van der Waals surface area (Å²) < 4.78 is 0. The van der Waals surface area contributed by atoms with Gasteiger partial charge in [0.25, 0.3) is 5.91 Å². The molecule has 4 rings (SSSR count). The first-order chi connectivity index (χ1) is 13.7. The number of piperidine rings is 1. The molecule has 5 nitrogen and oxygen atoms in total. The number of amides is 1. The standard InChI is InChI=1S/C23H26N4O/c1-2-17-8-10-19(11-9-17)23(28)24-20-12-14-27(15-13-20)22-16-21(25-26-22)18-6-4-3-5-7-18/h3-11,16,20H,2,12-15H2,1H3,(H,24,28)(H,25,26). The molecule has 1 amide bonds. The topological polar surface area (TPSA) is 61.0 Å². The summed E-state index contributed by atoms with van der Waals surface area (Å²) in [4.78, 5) is 14.8. The SMILES string of the molecule is CCc1ccc(C(=O)NC2CCN(c3cc(-c4ccccc4)[nH]n3)CC2)cc1. The molecule has 2 aromatic carbocycles. The highest BCUT2D eigenvalue weighted by Crippen LogP contribution is 2.24. The number of aromatic nitrogens is 2. The summed E-state index contributed by atoms with van der Waals surface area (Å²) in [5.41, 5.74) is 4.15. The molecule has 5 heteroatoms. The maximum Gasteiger partial charge on any atom is 0.251 e. The summed E-state index contributed by atoms with van der Waals surface area (Å²) in [6, 6.07) is 20.4. The van der Waals surface area contributed by atoms with Crippen molar-refractivity contribution in [3.05, 3.63) is 71.8 Å². The van der Waals surface area contributed by atoms with Crippen molar-refractivity contribution in [2.24, 2.45) is 0 Å². The molecular formula is C23H26N4O. The van der Waals surface area contributed by atoms with Gasteiger partial charge < -0.3 is 10.2 Å². The summed E-state index contributed by atoms with van der Waals surface area (Å²) in [6.45, 7) is 3.89. The van der Waals surface area contributed by atoms with Crippen molar-refractivity contribution in [1.29, 1.82) is 0 Å². The Morgan fingerprint density at radius 1 is 1.11 bits per heavy atom. The lowest BCUT2D eigenvalue weighted by Gasteiger charge is -2.32. The van der Waals surface area contributed by atoms with Crippen LogP contribution in [-0.2, 0) is 6.42 Å². The molecule has 1 aliphatic heterocycles. The molecule has 2 heterocycles. The molecule has 0 saturated carbocycles. The third-order valence-corrected chi connectivity index (χ3v) is 5.43. The number of nitrogens with one attached hydrogen (secondary N) is 2. The van der Waals surface area contributed by atoms with Crippen LogP contribution in [-0.4, -0.2) is 35.2 Å². The van der Waals surface area contributed by atoms with Crippen LogP contribution in [0.3, 0.4) is 0 Å². The van der Waals surface area contributed by atoms with Crippen molar-refractivity contribution < 1.29 is 4.79 Å². The van der Waals surface area contributed by atoms with E-state index in [1.54, 1.807) is 0 Å². The van der Waals surface area contributed by atoms with Crippen LogP contribution in [0.5, 0.6) is 0 Å². The van der Waals surface area contributed by atoms with E-state index in [-0.39, 0.29) is 11.9 Å². The maximum absolute atomic E-state index is 12.5. The molecule has 1 aromatic heterocycles. The summed E-state index contributed by atoms with van der Waals surface area (Å²) >= 11 is 0. The number of aryl methyl sites for hydroxylation is 1. The number of nitrogens with zero attached hydrogens (tertiary/aromatic N) is 2. The Hall–Kier alpha value is -3.08. The lowest BCUT2D eigenvalue weighted by atomic mass is 10.0. The number of benzene rings is 2. The van der Waals surface area contributed by atoms with E-state index < -0.39 is 0 Å². The van der Waals surface area contributed by atoms with Crippen molar-refractivity contribution in [3.8, 4) is 11.3 Å². The highest BCUT2D eigenvalue weighted by atomic mass is 16.1. The molecule has 144 valence electrons. The molecule has 3 aromatic rings. The van der Waals surface area contributed by atoms with E-state index in [1.165, 1.54) is 5.56 Å². The van der Waals surface area contributed by atoms with Gasteiger partial charge in [0.1, 0.15) is 0 Å². The van der Waals surface area contributed by atoms with Crippen LogP contribution in [0.4, 0.5) is 5.82 Å². The van der Waals surface area contributed by atoms with E-state index in [4.69, 9.17) is 0 Å². The Bertz CT molecular complexity index is 909. The van der Waals surface area contributed by atoms with Gasteiger partial charge in [0.05, 0.1) is 5.69 Å². The zero-order valence-corrected chi connectivity index (χ0v) is 16.2. The molecule has 0 atom stereocenters. The van der Waals surface area contributed by atoms with Crippen LogP contribution in [0, 0.1) is 0 Å².